The molecule has 2 aromatic heterocycles. The molecule has 2 heterocycles. The summed E-state index contributed by atoms with van der Waals surface area (Å²) >= 11 is 0. The van der Waals surface area contributed by atoms with Crippen LogP contribution in [0.1, 0.15) is 19.2 Å². The van der Waals surface area contributed by atoms with Crippen molar-refractivity contribution in [1.29, 1.82) is 0 Å². The second kappa shape index (κ2) is 5.47. The molecule has 2 rings (SSSR count). The number of hydrogen-bond donors (Lipinski definition) is 1. The Balaban J connectivity index is 1.83. The summed E-state index contributed by atoms with van der Waals surface area (Å²) in [5.41, 5.74) is 0. The number of nitrogens with one attached hydrogen (secondary N) is 1. The number of aryl methyl sites for hydroxylation is 2. The first kappa shape index (κ1) is 11.6. The van der Waals surface area contributed by atoms with E-state index in [2.05, 4.69) is 31.9 Å². The second-order valence-electron chi connectivity index (χ2n) is 3.96. The van der Waals surface area contributed by atoms with Crippen LogP contribution in [0.3, 0.4) is 0 Å². The number of imidazole rings is 1. The van der Waals surface area contributed by atoms with Crippen LogP contribution >= 0.6 is 0 Å². The summed E-state index contributed by atoms with van der Waals surface area (Å²) in [4.78, 5) is 8.46. The fourth-order valence-electron chi connectivity index (χ4n) is 1.68. The van der Waals surface area contributed by atoms with Gasteiger partial charge in [0.2, 0.25) is 5.95 Å². The minimum absolute atomic E-state index is 0.796. The van der Waals surface area contributed by atoms with Crippen LogP contribution in [0.5, 0.6) is 0 Å². The van der Waals surface area contributed by atoms with Crippen LogP contribution in [0.25, 0.3) is 0 Å². The van der Waals surface area contributed by atoms with Crippen LogP contribution < -0.4 is 5.32 Å². The zero-order valence-corrected chi connectivity index (χ0v) is 10.3. The Hall–Kier alpha value is -1.85. The van der Waals surface area contributed by atoms with E-state index in [1.807, 2.05) is 19.4 Å². The van der Waals surface area contributed by atoms with Gasteiger partial charge in [-0.3, -0.25) is 4.68 Å². The predicted molar refractivity (Wildman–Crippen MR) is 65.7 cm³/mol. The van der Waals surface area contributed by atoms with E-state index in [0.717, 1.165) is 37.7 Å². The third kappa shape index (κ3) is 3.05. The Kier molecular flexibility index (Phi) is 3.74. The summed E-state index contributed by atoms with van der Waals surface area (Å²) < 4.78 is 3.83. The van der Waals surface area contributed by atoms with Gasteiger partial charge in [-0.15, -0.1) is 0 Å². The number of aromatic nitrogens is 5. The minimum Gasteiger partial charge on any atom is -0.355 e. The summed E-state index contributed by atoms with van der Waals surface area (Å²) in [5, 5.41) is 7.53. The highest BCUT2D eigenvalue weighted by Crippen LogP contribution is 2.05. The van der Waals surface area contributed by atoms with Crippen molar-refractivity contribution < 1.29 is 0 Å². The minimum atomic E-state index is 0.796. The van der Waals surface area contributed by atoms with Gasteiger partial charge in [-0.1, -0.05) is 6.92 Å². The van der Waals surface area contributed by atoms with Gasteiger partial charge < -0.3 is 9.88 Å². The highest BCUT2D eigenvalue weighted by Gasteiger charge is 2.02. The van der Waals surface area contributed by atoms with Gasteiger partial charge in [-0.05, 0) is 6.42 Å². The molecule has 17 heavy (non-hydrogen) atoms. The number of nitrogens with zero attached hydrogens (tertiary/aromatic N) is 5. The molecule has 92 valence electrons. The lowest BCUT2D eigenvalue weighted by Gasteiger charge is -2.07. The van der Waals surface area contributed by atoms with E-state index in [-0.39, 0.29) is 0 Å². The molecule has 6 heteroatoms. The monoisotopic (exact) mass is 234 g/mol. The highest BCUT2D eigenvalue weighted by atomic mass is 15.3. The maximum atomic E-state index is 4.28. The topological polar surface area (TPSA) is 60.6 Å². The summed E-state index contributed by atoms with van der Waals surface area (Å²) in [6, 6.07) is 0. The standard InChI is InChI=1S/C11H18N6/c1-3-7-17-8-6-13-11(17)12-5-4-10-14-9-16(2)15-10/h6,8-9H,3-5,7H2,1-2H3,(H,12,13). The van der Waals surface area contributed by atoms with Crippen molar-refractivity contribution in [3.8, 4) is 0 Å². The fourth-order valence-corrected chi connectivity index (χ4v) is 1.68. The maximum absolute atomic E-state index is 4.28. The van der Waals surface area contributed by atoms with Gasteiger partial charge in [-0.25, -0.2) is 9.97 Å². The summed E-state index contributed by atoms with van der Waals surface area (Å²) in [6.45, 7) is 3.94. The Morgan fingerprint density at radius 2 is 2.24 bits per heavy atom. The summed E-state index contributed by atoms with van der Waals surface area (Å²) in [5.74, 6) is 1.77. The first-order valence-electron chi connectivity index (χ1n) is 5.89. The Morgan fingerprint density at radius 1 is 1.35 bits per heavy atom. The normalized spacial score (nSPS) is 10.7. The third-order valence-corrected chi connectivity index (χ3v) is 2.46. The first-order valence-corrected chi connectivity index (χ1v) is 5.89. The molecule has 0 spiro atoms. The molecule has 1 N–H and O–H groups in total. The Bertz CT molecular complexity index is 458. The smallest absolute Gasteiger partial charge is 0.202 e. The zero-order chi connectivity index (χ0) is 12.1. The summed E-state index contributed by atoms with van der Waals surface area (Å²) in [6.07, 6.45) is 7.43. The van der Waals surface area contributed by atoms with E-state index in [1.54, 1.807) is 11.0 Å². The van der Waals surface area contributed by atoms with E-state index in [0.29, 0.717) is 0 Å². The molecule has 0 radical (unpaired) electrons. The van der Waals surface area contributed by atoms with Crippen LogP contribution in [-0.4, -0.2) is 30.9 Å². The molecule has 0 aliphatic rings. The molecule has 0 saturated heterocycles. The van der Waals surface area contributed by atoms with Crippen molar-refractivity contribution in [2.45, 2.75) is 26.3 Å². The predicted octanol–water partition coefficient (Wildman–Crippen LogP) is 1.08. The van der Waals surface area contributed by atoms with Gasteiger partial charge in [-0.2, -0.15) is 5.10 Å². The van der Waals surface area contributed by atoms with Crippen LogP contribution in [0.2, 0.25) is 0 Å². The molecule has 0 amide bonds. The van der Waals surface area contributed by atoms with Gasteiger partial charge in [0.15, 0.2) is 5.82 Å². The number of rotatable bonds is 6. The van der Waals surface area contributed by atoms with Crippen molar-refractivity contribution in [2.75, 3.05) is 11.9 Å². The molecule has 0 fully saturated rings. The molecule has 0 unspecified atom stereocenters. The van der Waals surface area contributed by atoms with E-state index in [9.17, 15) is 0 Å². The highest BCUT2D eigenvalue weighted by molar-refractivity contribution is 5.25. The van der Waals surface area contributed by atoms with Crippen molar-refractivity contribution in [2.24, 2.45) is 7.05 Å². The van der Waals surface area contributed by atoms with Crippen molar-refractivity contribution in [3.05, 3.63) is 24.5 Å². The van der Waals surface area contributed by atoms with E-state index < -0.39 is 0 Å². The average molecular weight is 234 g/mol. The summed E-state index contributed by atoms with van der Waals surface area (Å²) in [7, 11) is 1.87. The lowest BCUT2D eigenvalue weighted by Crippen LogP contribution is -2.11. The quantitative estimate of drug-likeness (QED) is 0.812. The van der Waals surface area contributed by atoms with Crippen molar-refractivity contribution >= 4 is 5.95 Å². The van der Waals surface area contributed by atoms with Crippen LogP contribution in [0.15, 0.2) is 18.7 Å². The molecule has 0 atom stereocenters. The fraction of sp³-hybridized carbons (Fsp3) is 0.545. The SMILES string of the molecule is CCCn1ccnc1NCCc1ncn(C)n1. The van der Waals surface area contributed by atoms with Crippen LogP contribution in [-0.2, 0) is 20.0 Å². The van der Waals surface area contributed by atoms with Gasteiger partial charge in [0.05, 0.1) is 0 Å². The molecule has 0 aliphatic carbocycles. The molecule has 0 aromatic carbocycles. The molecule has 2 aromatic rings. The molecular weight excluding hydrogens is 216 g/mol. The molecule has 0 bridgehead atoms. The van der Waals surface area contributed by atoms with Gasteiger partial charge in [0, 0.05) is 39.0 Å². The largest absolute Gasteiger partial charge is 0.355 e. The zero-order valence-electron chi connectivity index (χ0n) is 10.3. The van der Waals surface area contributed by atoms with E-state index in [1.165, 1.54) is 0 Å². The van der Waals surface area contributed by atoms with Gasteiger partial charge >= 0.3 is 0 Å². The number of anilines is 1. The maximum Gasteiger partial charge on any atom is 0.202 e. The molecule has 0 saturated carbocycles. The van der Waals surface area contributed by atoms with Gasteiger partial charge in [0.1, 0.15) is 6.33 Å². The number of hydrogen-bond acceptors (Lipinski definition) is 4. The van der Waals surface area contributed by atoms with Crippen molar-refractivity contribution in [3.63, 3.8) is 0 Å². The first-order chi connectivity index (χ1) is 8.29. The molecule has 0 aliphatic heterocycles. The van der Waals surface area contributed by atoms with Crippen LogP contribution in [0.4, 0.5) is 5.95 Å². The Labute approximate surface area is 101 Å². The average Bonchev–Trinajstić information content (AvgIpc) is 2.90. The third-order valence-electron chi connectivity index (χ3n) is 2.46. The second-order valence-corrected chi connectivity index (χ2v) is 3.96. The Morgan fingerprint density at radius 3 is 2.94 bits per heavy atom. The molecular formula is C11H18N6. The lowest BCUT2D eigenvalue weighted by molar-refractivity contribution is 0.680. The van der Waals surface area contributed by atoms with Gasteiger partial charge in [0.25, 0.3) is 0 Å². The van der Waals surface area contributed by atoms with Crippen molar-refractivity contribution in [1.82, 2.24) is 24.3 Å². The van der Waals surface area contributed by atoms with E-state index >= 15 is 0 Å². The van der Waals surface area contributed by atoms with E-state index in [4.69, 9.17) is 0 Å². The lowest BCUT2D eigenvalue weighted by atomic mass is 10.4. The van der Waals surface area contributed by atoms with Crippen LogP contribution in [0, 0.1) is 0 Å². The molecule has 6 nitrogen and oxygen atoms in total.